The summed E-state index contributed by atoms with van der Waals surface area (Å²) in [5.74, 6) is -0.383. The molecule has 0 aromatic carbocycles. The van der Waals surface area contributed by atoms with Crippen molar-refractivity contribution in [1.29, 1.82) is 0 Å². The Balaban J connectivity index is 2.15. The van der Waals surface area contributed by atoms with Gasteiger partial charge in [0.1, 0.15) is 0 Å². The van der Waals surface area contributed by atoms with Crippen LogP contribution in [0.3, 0.4) is 0 Å². The highest BCUT2D eigenvalue weighted by Gasteiger charge is 2.37. The minimum absolute atomic E-state index is 0.0354. The number of carbonyl (C=O) groups is 2. The fourth-order valence-electron chi connectivity index (χ4n) is 3.73. The third-order valence-electron chi connectivity index (χ3n) is 5.55. The Bertz CT molecular complexity index is 365. The smallest absolute Gasteiger partial charge is 0.225 e. The van der Waals surface area contributed by atoms with Crippen LogP contribution in [-0.4, -0.2) is 38.0 Å². The first-order chi connectivity index (χ1) is 13.2. The molecule has 27 heavy (non-hydrogen) atoms. The van der Waals surface area contributed by atoms with E-state index < -0.39 is 0 Å². The number of nitrogens with one attached hydrogen (secondary N) is 3. The quantitative estimate of drug-likeness (QED) is 0.356. The number of hydrogen-bond donors (Lipinski definition) is 3. The molecule has 1 rings (SSSR count). The van der Waals surface area contributed by atoms with E-state index in [0.717, 1.165) is 25.9 Å². The summed E-state index contributed by atoms with van der Waals surface area (Å²) >= 11 is 0. The standard InChI is InChI=1S/C22H43N3O2/c1-3-5-7-9-11-13-15-24-21(26)19-17-23-18-20(19)22(27)25-16-14-12-10-8-6-4-2/h19-20,23H,3-18H2,1-2H3,(H,24,26)(H,25,27)/t19-,20-/m1/s1. The van der Waals surface area contributed by atoms with Crippen molar-refractivity contribution in [2.24, 2.45) is 11.8 Å². The average molecular weight is 382 g/mol. The van der Waals surface area contributed by atoms with Gasteiger partial charge in [-0.2, -0.15) is 0 Å². The van der Waals surface area contributed by atoms with Gasteiger partial charge >= 0.3 is 0 Å². The Morgan fingerprint density at radius 1 is 0.667 bits per heavy atom. The summed E-state index contributed by atoms with van der Waals surface area (Å²) in [5, 5.41) is 9.29. The monoisotopic (exact) mass is 381 g/mol. The summed E-state index contributed by atoms with van der Waals surface area (Å²) in [4.78, 5) is 24.9. The van der Waals surface area contributed by atoms with Gasteiger partial charge < -0.3 is 16.0 Å². The van der Waals surface area contributed by atoms with Gasteiger partial charge in [-0.1, -0.05) is 78.1 Å². The molecule has 0 saturated carbocycles. The first kappa shape index (κ1) is 23.9. The van der Waals surface area contributed by atoms with Crippen molar-refractivity contribution < 1.29 is 9.59 Å². The molecule has 1 aliphatic rings. The van der Waals surface area contributed by atoms with Crippen LogP contribution in [0.5, 0.6) is 0 Å². The second kappa shape index (κ2) is 15.9. The van der Waals surface area contributed by atoms with Gasteiger partial charge in [0.25, 0.3) is 0 Å². The van der Waals surface area contributed by atoms with E-state index in [-0.39, 0.29) is 23.7 Å². The number of hydrogen-bond acceptors (Lipinski definition) is 3. The van der Waals surface area contributed by atoms with Gasteiger partial charge in [0.15, 0.2) is 0 Å². The number of carbonyl (C=O) groups excluding carboxylic acids is 2. The zero-order chi connectivity index (χ0) is 19.7. The summed E-state index contributed by atoms with van der Waals surface area (Å²) in [6.45, 7) is 7.11. The van der Waals surface area contributed by atoms with Gasteiger partial charge in [-0.25, -0.2) is 0 Å². The van der Waals surface area contributed by atoms with Crippen molar-refractivity contribution in [1.82, 2.24) is 16.0 Å². The summed E-state index contributed by atoms with van der Waals surface area (Å²) in [6.07, 6.45) is 14.6. The minimum atomic E-state index is -0.227. The van der Waals surface area contributed by atoms with Crippen molar-refractivity contribution in [2.45, 2.75) is 90.9 Å². The number of amides is 2. The highest BCUT2D eigenvalue weighted by Crippen LogP contribution is 2.17. The first-order valence-corrected chi connectivity index (χ1v) is 11.5. The normalized spacial score (nSPS) is 19.2. The molecular formula is C22H43N3O2. The summed E-state index contributed by atoms with van der Waals surface area (Å²) < 4.78 is 0. The van der Waals surface area contributed by atoms with Crippen LogP contribution in [0.1, 0.15) is 90.9 Å². The van der Waals surface area contributed by atoms with E-state index in [4.69, 9.17) is 0 Å². The predicted octanol–water partition coefficient (Wildman–Crippen LogP) is 3.78. The van der Waals surface area contributed by atoms with Crippen LogP contribution in [-0.2, 0) is 9.59 Å². The Morgan fingerprint density at radius 2 is 1.04 bits per heavy atom. The molecule has 0 bridgehead atoms. The zero-order valence-corrected chi connectivity index (χ0v) is 17.8. The Hall–Kier alpha value is -1.10. The van der Waals surface area contributed by atoms with Crippen LogP contribution < -0.4 is 16.0 Å². The maximum absolute atomic E-state index is 12.4. The molecular weight excluding hydrogens is 338 g/mol. The first-order valence-electron chi connectivity index (χ1n) is 11.5. The van der Waals surface area contributed by atoms with E-state index in [1.165, 1.54) is 64.2 Å². The van der Waals surface area contributed by atoms with E-state index >= 15 is 0 Å². The summed E-state index contributed by atoms with van der Waals surface area (Å²) in [5.41, 5.74) is 0. The molecule has 5 nitrogen and oxygen atoms in total. The predicted molar refractivity (Wildman–Crippen MR) is 113 cm³/mol. The van der Waals surface area contributed by atoms with Crippen molar-refractivity contribution >= 4 is 11.8 Å². The fourth-order valence-corrected chi connectivity index (χ4v) is 3.73. The lowest BCUT2D eigenvalue weighted by Crippen LogP contribution is -2.42. The van der Waals surface area contributed by atoms with Crippen LogP contribution in [0.15, 0.2) is 0 Å². The lowest BCUT2D eigenvalue weighted by atomic mass is 9.94. The fraction of sp³-hybridized carbons (Fsp3) is 0.909. The van der Waals surface area contributed by atoms with Gasteiger partial charge in [-0.3, -0.25) is 9.59 Å². The molecule has 2 amide bonds. The molecule has 0 unspecified atom stereocenters. The minimum Gasteiger partial charge on any atom is -0.356 e. The van der Waals surface area contributed by atoms with Gasteiger partial charge in [0.2, 0.25) is 11.8 Å². The largest absolute Gasteiger partial charge is 0.356 e. The number of rotatable bonds is 16. The SMILES string of the molecule is CCCCCCCCNC(=O)[C@@H]1CNC[C@H]1C(=O)NCCCCCCCC. The molecule has 0 aromatic heterocycles. The van der Waals surface area contributed by atoms with Crippen LogP contribution in [0.2, 0.25) is 0 Å². The van der Waals surface area contributed by atoms with Crippen LogP contribution in [0, 0.1) is 11.8 Å². The van der Waals surface area contributed by atoms with Crippen molar-refractivity contribution in [3.63, 3.8) is 0 Å². The maximum Gasteiger partial charge on any atom is 0.225 e. The summed E-state index contributed by atoms with van der Waals surface area (Å²) in [7, 11) is 0. The molecule has 3 N–H and O–H groups in total. The van der Waals surface area contributed by atoms with E-state index in [2.05, 4.69) is 29.8 Å². The topological polar surface area (TPSA) is 70.2 Å². The molecule has 158 valence electrons. The van der Waals surface area contributed by atoms with Crippen LogP contribution in [0.25, 0.3) is 0 Å². The molecule has 0 spiro atoms. The lowest BCUT2D eigenvalue weighted by Gasteiger charge is -2.18. The lowest BCUT2D eigenvalue weighted by molar-refractivity contribution is -0.132. The molecule has 5 heteroatoms. The molecule has 1 fully saturated rings. The third-order valence-corrected chi connectivity index (χ3v) is 5.55. The highest BCUT2D eigenvalue weighted by molar-refractivity contribution is 5.88. The number of unbranched alkanes of at least 4 members (excludes halogenated alkanes) is 10. The van der Waals surface area contributed by atoms with E-state index in [1.54, 1.807) is 0 Å². The molecule has 1 saturated heterocycles. The third kappa shape index (κ3) is 10.7. The Labute approximate surface area is 166 Å². The van der Waals surface area contributed by atoms with Crippen LogP contribution in [0.4, 0.5) is 0 Å². The van der Waals surface area contributed by atoms with E-state index in [1.807, 2.05) is 0 Å². The Morgan fingerprint density at radius 3 is 1.44 bits per heavy atom. The van der Waals surface area contributed by atoms with Crippen LogP contribution >= 0.6 is 0 Å². The second-order valence-corrected chi connectivity index (χ2v) is 7.99. The molecule has 0 aliphatic carbocycles. The van der Waals surface area contributed by atoms with E-state index in [0.29, 0.717) is 13.1 Å². The second-order valence-electron chi connectivity index (χ2n) is 7.99. The van der Waals surface area contributed by atoms with Gasteiger partial charge in [-0.05, 0) is 12.8 Å². The highest BCUT2D eigenvalue weighted by atomic mass is 16.2. The average Bonchev–Trinajstić information content (AvgIpc) is 3.16. The van der Waals surface area contributed by atoms with Gasteiger partial charge in [0.05, 0.1) is 11.8 Å². The Kier molecular flexibility index (Phi) is 14.1. The maximum atomic E-state index is 12.4. The van der Waals surface area contributed by atoms with Gasteiger partial charge in [-0.15, -0.1) is 0 Å². The summed E-state index contributed by atoms with van der Waals surface area (Å²) in [6, 6.07) is 0. The zero-order valence-electron chi connectivity index (χ0n) is 17.8. The molecule has 2 atom stereocenters. The van der Waals surface area contributed by atoms with Crippen molar-refractivity contribution in [2.75, 3.05) is 26.2 Å². The molecule has 1 aliphatic heterocycles. The molecule has 0 radical (unpaired) electrons. The molecule has 1 heterocycles. The van der Waals surface area contributed by atoms with Crippen molar-refractivity contribution in [3.05, 3.63) is 0 Å². The van der Waals surface area contributed by atoms with Crippen molar-refractivity contribution in [3.8, 4) is 0 Å². The molecule has 0 aromatic rings. The van der Waals surface area contributed by atoms with Gasteiger partial charge in [0, 0.05) is 26.2 Å². The van der Waals surface area contributed by atoms with E-state index in [9.17, 15) is 9.59 Å².